The molecule has 1 aliphatic carbocycles. The number of aromatic nitrogens is 3. The van der Waals surface area contributed by atoms with E-state index in [-0.39, 0.29) is 68.8 Å². The van der Waals surface area contributed by atoms with E-state index < -0.39 is 11.6 Å². The fourth-order valence-corrected chi connectivity index (χ4v) is 8.70. The van der Waals surface area contributed by atoms with Crippen molar-refractivity contribution < 1.29 is 23.4 Å². The summed E-state index contributed by atoms with van der Waals surface area (Å²) < 4.78 is 44.5. The molecule has 10 nitrogen and oxygen atoms in total. The van der Waals surface area contributed by atoms with E-state index in [1.807, 2.05) is 6.92 Å². The predicted octanol–water partition coefficient (Wildman–Crippen LogP) is 6.32. The number of ether oxygens (including phenoxy) is 2. The van der Waals surface area contributed by atoms with Gasteiger partial charge in [-0.05, 0) is 82.4 Å². The molecule has 2 bridgehead atoms. The minimum absolute atomic E-state index is 0.00450. The van der Waals surface area contributed by atoms with Gasteiger partial charge in [-0.25, -0.2) is 13.8 Å². The lowest BCUT2D eigenvalue weighted by atomic mass is 9.95. The molecule has 3 aliphatic heterocycles. The van der Waals surface area contributed by atoms with E-state index in [4.69, 9.17) is 20.9 Å². The summed E-state index contributed by atoms with van der Waals surface area (Å²) in [7, 11) is 1.45. The average Bonchev–Trinajstić information content (AvgIpc) is 3.73. The van der Waals surface area contributed by atoms with Crippen LogP contribution in [0.2, 0.25) is 0 Å². The van der Waals surface area contributed by atoms with Gasteiger partial charge in [0.2, 0.25) is 5.88 Å². The zero-order chi connectivity index (χ0) is 36.3. The molecule has 4 aromatic rings. The Morgan fingerprint density at radius 2 is 1.87 bits per heavy atom. The standard InChI is InChI=1S/C40H43F2N7O3/c1-5-29-31(41)11-7-24-15-28(50)16-30(32(24)29)35-34(42)36-33(38(45-35)51-4)37(48-18-25-8-9-26(19-48)44-25)47-39(46-36)52-21-40(12-13-40)20-49-23(3)6-10-27(49)14-22(2)17-43/h1,7,11,15-16,22-23,25-27,44,50H,6,8-10,12-14,18-21H2,2-4H3. The Bertz CT molecular complexity index is 2130. The number of fused-ring (bicyclic) bond motifs is 4. The number of pyridine rings is 1. The average molecular weight is 708 g/mol. The van der Waals surface area contributed by atoms with E-state index >= 15 is 8.78 Å². The molecule has 5 unspecified atom stereocenters. The molecule has 5 atom stereocenters. The number of piperazine rings is 1. The summed E-state index contributed by atoms with van der Waals surface area (Å²) in [6, 6.07) is 9.24. The SMILES string of the molecule is C#Cc1c(F)ccc2cc(O)cc(-c3nc(OC)c4c(N5CC6CCC(C5)N6)nc(OCC5(CN6C(C)CCC6CC(C)C#N)CC5)nc4c3F)c12. The molecule has 0 spiro atoms. The molecule has 2 aromatic heterocycles. The molecule has 4 aliphatic rings. The van der Waals surface area contributed by atoms with Gasteiger partial charge in [-0.1, -0.05) is 12.0 Å². The number of rotatable bonds is 10. The normalized spacial score (nSPS) is 24.2. The smallest absolute Gasteiger partial charge is 0.319 e. The minimum Gasteiger partial charge on any atom is -0.508 e. The Morgan fingerprint density at radius 1 is 1.10 bits per heavy atom. The van der Waals surface area contributed by atoms with Crippen LogP contribution in [-0.4, -0.2) is 82.5 Å². The maximum Gasteiger partial charge on any atom is 0.319 e. The van der Waals surface area contributed by atoms with Crippen LogP contribution < -0.4 is 19.7 Å². The second-order valence-electron chi connectivity index (χ2n) is 15.3. The monoisotopic (exact) mass is 707 g/mol. The Balaban J connectivity index is 1.22. The fourth-order valence-electron chi connectivity index (χ4n) is 8.70. The van der Waals surface area contributed by atoms with Crippen molar-refractivity contribution in [2.24, 2.45) is 11.3 Å². The maximum absolute atomic E-state index is 17.2. The molecule has 8 rings (SSSR count). The minimum atomic E-state index is -0.789. The molecule has 270 valence electrons. The van der Waals surface area contributed by atoms with Crippen molar-refractivity contribution >= 4 is 27.5 Å². The van der Waals surface area contributed by atoms with Gasteiger partial charge in [-0.3, -0.25) is 4.90 Å². The van der Waals surface area contributed by atoms with Gasteiger partial charge in [-0.2, -0.15) is 15.2 Å². The number of anilines is 1. The van der Waals surface area contributed by atoms with Crippen molar-refractivity contribution in [3.63, 3.8) is 0 Å². The van der Waals surface area contributed by atoms with Gasteiger partial charge in [0.15, 0.2) is 5.82 Å². The summed E-state index contributed by atoms with van der Waals surface area (Å²) in [6.45, 7) is 6.79. The first kappa shape index (κ1) is 34.3. The number of terminal acetylenes is 1. The van der Waals surface area contributed by atoms with E-state index in [0.717, 1.165) is 51.5 Å². The lowest BCUT2D eigenvalue weighted by Gasteiger charge is -2.34. The number of nitrogens with zero attached hydrogens (tertiary/aromatic N) is 6. The van der Waals surface area contributed by atoms with Crippen molar-refractivity contribution in [3.05, 3.63) is 41.5 Å². The van der Waals surface area contributed by atoms with Crippen LogP contribution in [0.3, 0.4) is 0 Å². The molecule has 4 fully saturated rings. The number of benzene rings is 2. The molecule has 0 radical (unpaired) electrons. The predicted molar refractivity (Wildman–Crippen MR) is 194 cm³/mol. The van der Waals surface area contributed by atoms with Crippen LogP contribution in [0.15, 0.2) is 24.3 Å². The second kappa shape index (κ2) is 13.3. The highest BCUT2D eigenvalue weighted by molar-refractivity contribution is 6.04. The Morgan fingerprint density at radius 3 is 2.56 bits per heavy atom. The molecule has 0 amide bonds. The zero-order valence-corrected chi connectivity index (χ0v) is 29.8. The number of nitriles is 1. The van der Waals surface area contributed by atoms with Crippen molar-refractivity contribution in [1.29, 1.82) is 5.26 Å². The number of aromatic hydroxyl groups is 1. The van der Waals surface area contributed by atoms with Crippen LogP contribution >= 0.6 is 0 Å². The largest absolute Gasteiger partial charge is 0.508 e. The number of hydrogen-bond donors (Lipinski definition) is 2. The van der Waals surface area contributed by atoms with Crippen molar-refractivity contribution in [1.82, 2.24) is 25.2 Å². The fraction of sp³-hybridized carbons (Fsp3) is 0.500. The number of nitrogens with one attached hydrogen (secondary N) is 1. The molecular formula is C40H43F2N7O3. The van der Waals surface area contributed by atoms with Gasteiger partial charge in [-0.15, -0.1) is 6.42 Å². The Labute approximate surface area is 302 Å². The van der Waals surface area contributed by atoms with Crippen LogP contribution in [0.25, 0.3) is 32.9 Å². The molecule has 2 N–H and O–H groups in total. The molecule has 1 saturated carbocycles. The van der Waals surface area contributed by atoms with Crippen molar-refractivity contribution in [3.8, 4) is 47.3 Å². The van der Waals surface area contributed by atoms with Crippen molar-refractivity contribution in [2.75, 3.05) is 38.3 Å². The van der Waals surface area contributed by atoms with E-state index in [1.165, 1.54) is 31.4 Å². The number of hydrogen-bond acceptors (Lipinski definition) is 10. The van der Waals surface area contributed by atoms with Gasteiger partial charge in [0.1, 0.15) is 34.0 Å². The second-order valence-corrected chi connectivity index (χ2v) is 15.3. The number of halogens is 2. The molecule has 52 heavy (non-hydrogen) atoms. The van der Waals surface area contributed by atoms with Crippen LogP contribution in [-0.2, 0) is 0 Å². The third-order valence-corrected chi connectivity index (χ3v) is 11.7. The first-order chi connectivity index (χ1) is 25.1. The summed E-state index contributed by atoms with van der Waals surface area (Å²) in [5.74, 6) is 1.37. The summed E-state index contributed by atoms with van der Waals surface area (Å²) in [5.41, 5.74) is -0.285. The van der Waals surface area contributed by atoms with Gasteiger partial charge in [0.05, 0.1) is 25.3 Å². The molecule has 5 heterocycles. The first-order valence-corrected chi connectivity index (χ1v) is 18.3. The number of phenolic OH excluding ortho intramolecular Hbond substituents is 1. The highest BCUT2D eigenvalue weighted by atomic mass is 19.1. The van der Waals surface area contributed by atoms with Crippen LogP contribution in [0.1, 0.15) is 64.4 Å². The van der Waals surface area contributed by atoms with E-state index in [2.05, 4.69) is 44.0 Å². The van der Waals surface area contributed by atoms with E-state index in [0.29, 0.717) is 48.4 Å². The number of likely N-dealkylation sites (tertiary alicyclic amines) is 1. The molecule has 12 heteroatoms. The number of phenols is 1. The van der Waals surface area contributed by atoms with Crippen LogP contribution in [0.4, 0.5) is 14.6 Å². The lowest BCUT2D eigenvalue weighted by molar-refractivity contribution is 0.115. The summed E-state index contributed by atoms with van der Waals surface area (Å²) >= 11 is 0. The van der Waals surface area contributed by atoms with Gasteiger partial charge in [0, 0.05) is 66.1 Å². The Hall–Kier alpha value is -4.78. The van der Waals surface area contributed by atoms with E-state index in [1.54, 1.807) is 0 Å². The van der Waals surface area contributed by atoms with Gasteiger partial charge < -0.3 is 24.8 Å². The topological polar surface area (TPSA) is 120 Å². The summed E-state index contributed by atoms with van der Waals surface area (Å²) in [6.07, 6.45) is 12.8. The summed E-state index contributed by atoms with van der Waals surface area (Å²) in [4.78, 5) is 18.9. The Kier molecular flexibility index (Phi) is 8.79. The first-order valence-electron chi connectivity index (χ1n) is 18.3. The zero-order valence-electron chi connectivity index (χ0n) is 29.8. The summed E-state index contributed by atoms with van der Waals surface area (Å²) in [5, 5.41) is 24.8. The number of methoxy groups -OCH3 is 1. The van der Waals surface area contributed by atoms with Crippen LogP contribution in [0.5, 0.6) is 17.6 Å². The highest BCUT2D eigenvalue weighted by Crippen LogP contribution is 2.49. The third-order valence-electron chi connectivity index (χ3n) is 11.7. The quantitative estimate of drug-likeness (QED) is 0.181. The lowest BCUT2D eigenvalue weighted by Crippen LogP contribution is -2.51. The van der Waals surface area contributed by atoms with E-state index in [9.17, 15) is 10.4 Å². The molecular weight excluding hydrogens is 664 g/mol. The van der Waals surface area contributed by atoms with Crippen LogP contribution in [0, 0.1) is 46.6 Å². The molecule has 2 aromatic carbocycles. The van der Waals surface area contributed by atoms with Gasteiger partial charge >= 0.3 is 6.01 Å². The van der Waals surface area contributed by atoms with Gasteiger partial charge in [0.25, 0.3) is 0 Å². The maximum atomic E-state index is 17.2. The third kappa shape index (κ3) is 6.12. The van der Waals surface area contributed by atoms with Crippen molar-refractivity contribution in [2.45, 2.75) is 83.0 Å². The highest BCUT2D eigenvalue weighted by Gasteiger charge is 2.48. The molecule has 3 saturated heterocycles.